The van der Waals surface area contributed by atoms with Crippen molar-refractivity contribution in [2.24, 2.45) is 0 Å². The quantitative estimate of drug-likeness (QED) is 0.478. The molecule has 2 amide bonds. The molecule has 0 saturated carbocycles. The first-order valence-electron chi connectivity index (χ1n) is 9.72. The molecule has 0 radical (unpaired) electrons. The molecule has 12 heteroatoms. The molecule has 0 saturated heterocycles. The van der Waals surface area contributed by atoms with Crippen molar-refractivity contribution in [3.05, 3.63) is 60.2 Å². The summed E-state index contributed by atoms with van der Waals surface area (Å²) in [6.45, 7) is 0.381. The van der Waals surface area contributed by atoms with E-state index in [1.165, 1.54) is 43.2 Å². The zero-order valence-corrected chi connectivity index (χ0v) is 18.4. The Labute approximate surface area is 185 Å². The fraction of sp³-hybridized carbons (Fsp3) is 0.250. The highest BCUT2D eigenvalue weighted by Crippen LogP contribution is 2.15. The molecule has 3 aromatic rings. The smallest absolute Gasteiger partial charge is 0.269 e. The molecule has 0 aliphatic heterocycles. The number of benzene rings is 2. The first-order chi connectivity index (χ1) is 15.3. The van der Waals surface area contributed by atoms with Crippen LogP contribution in [0.2, 0.25) is 0 Å². The number of nitrogens with zero attached hydrogens (tertiary/aromatic N) is 5. The fourth-order valence-corrected chi connectivity index (χ4v) is 3.64. The maximum atomic E-state index is 12.3. The Morgan fingerprint density at radius 3 is 2.50 bits per heavy atom. The van der Waals surface area contributed by atoms with Gasteiger partial charge < -0.3 is 0 Å². The SMILES string of the molecule is CN(C)S(=O)(=O)c1cccc(C(=O)NNC(=O)CCCn2nnc(-c3ccccc3)n2)c1. The van der Waals surface area contributed by atoms with Crippen LogP contribution in [0.3, 0.4) is 0 Å². The molecule has 0 aliphatic carbocycles. The van der Waals surface area contributed by atoms with Crippen LogP contribution in [-0.2, 0) is 21.4 Å². The van der Waals surface area contributed by atoms with E-state index in [1.54, 1.807) is 0 Å². The molecule has 11 nitrogen and oxygen atoms in total. The molecule has 1 heterocycles. The number of hydrogen-bond donors (Lipinski definition) is 2. The highest BCUT2D eigenvalue weighted by Gasteiger charge is 2.19. The standard InChI is InChI=1S/C20H23N7O4S/c1-26(2)32(30,31)17-11-6-10-16(14-17)20(29)23-21-18(28)12-7-13-27-24-19(22-25-27)15-8-4-3-5-9-15/h3-6,8-11,14H,7,12-13H2,1-2H3,(H,21,28)(H,23,29). The Hall–Kier alpha value is -3.64. The van der Waals surface area contributed by atoms with Gasteiger partial charge in [0.25, 0.3) is 5.91 Å². The van der Waals surface area contributed by atoms with Gasteiger partial charge in [0.1, 0.15) is 0 Å². The lowest BCUT2D eigenvalue weighted by Crippen LogP contribution is -2.41. The maximum Gasteiger partial charge on any atom is 0.269 e. The molecule has 0 aliphatic rings. The molecule has 3 rings (SSSR count). The molecule has 0 bridgehead atoms. The van der Waals surface area contributed by atoms with E-state index in [4.69, 9.17) is 0 Å². The minimum Gasteiger partial charge on any atom is -0.273 e. The van der Waals surface area contributed by atoms with E-state index in [0.29, 0.717) is 18.8 Å². The number of aromatic nitrogens is 4. The van der Waals surface area contributed by atoms with E-state index in [0.717, 1.165) is 9.87 Å². The van der Waals surface area contributed by atoms with Crippen molar-refractivity contribution in [3.63, 3.8) is 0 Å². The number of carbonyl (C=O) groups excluding carboxylic acids is 2. The molecule has 32 heavy (non-hydrogen) atoms. The van der Waals surface area contributed by atoms with Crippen molar-refractivity contribution in [1.82, 2.24) is 35.4 Å². The molecular weight excluding hydrogens is 434 g/mol. The average Bonchev–Trinajstić information content (AvgIpc) is 3.27. The topological polar surface area (TPSA) is 139 Å². The predicted molar refractivity (Wildman–Crippen MR) is 115 cm³/mol. The minimum atomic E-state index is -3.67. The number of carbonyl (C=O) groups is 2. The number of nitrogens with one attached hydrogen (secondary N) is 2. The molecular formula is C20H23N7O4S. The highest BCUT2D eigenvalue weighted by molar-refractivity contribution is 7.89. The molecule has 1 aromatic heterocycles. The Kier molecular flexibility index (Phi) is 7.28. The van der Waals surface area contributed by atoms with E-state index >= 15 is 0 Å². The molecule has 168 valence electrons. The number of tetrazole rings is 1. The van der Waals surface area contributed by atoms with Gasteiger partial charge in [-0.3, -0.25) is 20.4 Å². The number of rotatable bonds is 8. The van der Waals surface area contributed by atoms with Crippen LogP contribution in [0, 0.1) is 0 Å². The fourth-order valence-electron chi connectivity index (χ4n) is 2.69. The summed E-state index contributed by atoms with van der Waals surface area (Å²) in [6, 6.07) is 15.0. The van der Waals surface area contributed by atoms with Crippen LogP contribution in [0.25, 0.3) is 11.4 Å². The summed E-state index contributed by atoms with van der Waals surface area (Å²) in [4.78, 5) is 25.7. The molecule has 2 N–H and O–H groups in total. The monoisotopic (exact) mass is 457 g/mol. The lowest BCUT2D eigenvalue weighted by molar-refractivity contribution is -0.122. The summed E-state index contributed by atoms with van der Waals surface area (Å²) >= 11 is 0. The molecule has 0 atom stereocenters. The van der Waals surface area contributed by atoms with E-state index < -0.39 is 21.8 Å². The third kappa shape index (κ3) is 5.74. The van der Waals surface area contributed by atoms with Crippen LogP contribution >= 0.6 is 0 Å². The van der Waals surface area contributed by atoms with Crippen LogP contribution < -0.4 is 10.9 Å². The Bertz CT molecular complexity index is 1190. The summed E-state index contributed by atoms with van der Waals surface area (Å²) in [5, 5.41) is 12.2. The van der Waals surface area contributed by atoms with Gasteiger partial charge in [-0.05, 0) is 29.8 Å². The van der Waals surface area contributed by atoms with Crippen molar-refractivity contribution in [1.29, 1.82) is 0 Å². The van der Waals surface area contributed by atoms with Gasteiger partial charge in [-0.15, -0.1) is 10.2 Å². The molecule has 2 aromatic carbocycles. The van der Waals surface area contributed by atoms with Crippen LogP contribution in [-0.4, -0.2) is 58.8 Å². The highest BCUT2D eigenvalue weighted by atomic mass is 32.2. The number of amides is 2. The number of sulfonamides is 1. The van der Waals surface area contributed by atoms with Crippen molar-refractivity contribution in [2.75, 3.05) is 14.1 Å². The molecule has 0 unspecified atom stereocenters. The van der Waals surface area contributed by atoms with Crippen LogP contribution in [0.15, 0.2) is 59.5 Å². The van der Waals surface area contributed by atoms with Crippen LogP contribution in [0.4, 0.5) is 0 Å². The third-order valence-electron chi connectivity index (χ3n) is 4.44. The van der Waals surface area contributed by atoms with Gasteiger partial charge in [0, 0.05) is 31.6 Å². The Morgan fingerprint density at radius 1 is 1.03 bits per heavy atom. The van der Waals surface area contributed by atoms with E-state index in [2.05, 4.69) is 26.3 Å². The van der Waals surface area contributed by atoms with Gasteiger partial charge in [0.05, 0.1) is 11.4 Å². The largest absolute Gasteiger partial charge is 0.273 e. The molecule has 0 spiro atoms. The second-order valence-electron chi connectivity index (χ2n) is 7.00. The van der Waals surface area contributed by atoms with E-state index in [1.807, 2.05) is 30.3 Å². The van der Waals surface area contributed by atoms with Gasteiger partial charge in [-0.25, -0.2) is 12.7 Å². The Morgan fingerprint density at radius 2 is 1.78 bits per heavy atom. The minimum absolute atomic E-state index is 0.0170. The van der Waals surface area contributed by atoms with Gasteiger partial charge >= 0.3 is 0 Å². The number of aryl methyl sites for hydroxylation is 1. The first-order valence-corrected chi connectivity index (χ1v) is 11.2. The van der Waals surface area contributed by atoms with Crippen molar-refractivity contribution in [2.45, 2.75) is 24.3 Å². The lowest BCUT2D eigenvalue weighted by Gasteiger charge is -2.12. The van der Waals surface area contributed by atoms with Gasteiger partial charge in [-0.1, -0.05) is 36.4 Å². The van der Waals surface area contributed by atoms with Gasteiger partial charge in [0.15, 0.2) is 0 Å². The summed E-state index contributed by atoms with van der Waals surface area (Å²) < 4.78 is 25.5. The van der Waals surface area contributed by atoms with Crippen LogP contribution in [0.1, 0.15) is 23.2 Å². The average molecular weight is 458 g/mol. The Balaban J connectivity index is 1.46. The lowest BCUT2D eigenvalue weighted by atomic mass is 10.2. The van der Waals surface area contributed by atoms with E-state index in [-0.39, 0.29) is 16.9 Å². The van der Waals surface area contributed by atoms with Crippen molar-refractivity contribution < 1.29 is 18.0 Å². The van der Waals surface area contributed by atoms with E-state index in [9.17, 15) is 18.0 Å². The number of hydrazine groups is 1. The normalized spacial score (nSPS) is 11.3. The summed E-state index contributed by atoms with van der Waals surface area (Å²) in [7, 11) is -0.867. The number of hydrogen-bond acceptors (Lipinski definition) is 7. The predicted octanol–water partition coefficient (Wildman–Crippen LogP) is 0.832. The first kappa shape index (κ1) is 23.0. The van der Waals surface area contributed by atoms with Crippen LogP contribution in [0.5, 0.6) is 0 Å². The maximum absolute atomic E-state index is 12.3. The zero-order chi connectivity index (χ0) is 23.1. The third-order valence-corrected chi connectivity index (χ3v) is 6.25. The zero-order valence-electron chi connectivity index (χ0n) is 17.6. The second-order valence-corrected chi connectivity index (χ2v) is 9.15. The van der Waals surface area contributed by atoms with Crippen molar-refractivity contribution >= 4 is 21.8 Å². The summed E-state index contributed by atoms with van der Waals surface area (Å²) in [5.41, 5.74) is 5.55. The van der Waals surface area contributed by atoms with Gasteiger partial charge in [-0.2, -0.15) is 4.80 Å². The second kappa shape index (κ2) is 10.1. The van der Waals surface area contributed by atoms with Gasteiger partial charge in [0.2, 0.25) is 21.8 Å². The summed E-state index contributed by atoms with van der Waals surface area (Å²) in [5.74, 6) is -0.528. The molecule has 0 fully saturated rings. The summed E-state index contributed by atoms with van der Waals surface area (Å²) in [6.07, 6.45) is 0.556. The van der Waals surface area contributed by atoms with Crippen molar-refractivity contribution in [3.8, 4) is 11.4 Å².